The Labute approximate surface area is 163 Å². The molecule has 10 heteroatoms. The predicted molar refractivity (Wildman–Crippen MR) is 103 cm³/mol. The van der Waals surface area contributed by atoms with Gasteiger partial charge in [-0.3, -0.25) is 10.1 Å². The molecule has 0 bridgehead atoms. The van der Waals surface area contributed by atoms with E-state index in [0.29, 0.717) is 33.8 Å². The molecule has 0 saturated heterocycles. The van der Waals surface area contributed by atoms with Crippen molar-refractivity contribution in [1.82, 2.24) is 14.9 Å². The maximum absolute atomic E-state index is 11.2. The molecule has 0 N–H and O–H groups in total. The molecule has 0 saturated carbocycles. The van der Waals surface area contributed by atoms with Crippen molar-refractivity contribution in [2.75, 3.05) is 12.9 Å². The Morgan fingerprint density at radius 2 is 2.07 bits per heavy atom. The molecule has 0 amide bonds. The summed E-state index contributed by atoms with van der Waals surface area (Å²) in [6.07, 6.45) is 0. The van der Waals surface area contributed by atoms with Crippen molar-refractivity contribution in [3.05, 3.63) is 63.2 Å². The van der Waals surface area contributed by atoms with Crippen LogP contribution in [-0.4, -0.2) is 38.4 Å². The zero-order valence-electron chi connectivity index (χ0n) is 14.0. The van der Waals surface area contributed by atoms with Gasteiger partial charge in [0.25, 0.3) is 5.69 Å². The summed E-state index contributed by atoms with van der Waals surface area (Å²) in [5, 5.41) is 24.9. The number of para-hydroxylation sites is 1. The van der Waals surface area contributed by atoms with Crippen molar-refractivity contribution < 1.29 is 9.66 Å². The van der Waals surface area contributed by atoms with E-state index in [1.54, 1.807) is 17.9 Å². The number of nitro benzene ring substituents is 1. The number of benzene rings is 2. The maximum atomic E-state index is 11.2. The number of methoxy groups -OCH3 is 1. The zero-order chi connectivity index (χ0) is 19.0. The number of nitrogens with zero attached hydrogens (tertiary/aromatic N) is 5. The number of hydrogen-bond donors (Lipinski definition) is 0. The minimum absolute atomic E-state index is 0.0903. The van der Waals surface area contributed by atoms with E-state index in [2.05, 4.69) is 15.3 Å². The fourth-order valence-corrected chi connectivity index (χ4v) is 3.72. The van der Waals surface area contributed by atoms with Crippen LogP contribution in [0.4, 0.5) is 5.69 Å². The summed E-state index contributed by atoms with van der Waals surface area (Å²) in [7, 11) is 1.59. The number of fused-ring (bicyclic) bond motifs is 1. The van der Waals surface area contributed by atoms with Gasteiger partial charge < -0.3 is 4.74 Å². The molecule has 0 fully saturated rings. The van der Waals surface area contributed by atoms with Gasteiger partial charge in [-0.25, -0.2) is 0 Å². The van der Waals surface area contributed by atoms with E-state index in [1.165, 1.54) is 23.9 Å². The van der Waals surface area contributed by atoms with Crippen LogP contribution in [0.5, 0.6) is 5.75 Å². The molecule has 0 aliphatic carbocycles. The number of nitro groups is 1. The van der Waals surface area contributed by atoms with Crippen LogP contribution in [-0.2, 0) is 0 Å². The van der Waals surface area contributed by atoms with Crippen LogP contribution >= 0.6 is 23.4 Å². The van der Waals surface area contributed by atoms with Crippen molar-refractivity contribution in [1.29, 1.82) is 0 Å². The number of thioether (sulfide) groups is 1. The van der Waals surface area contributed by atoms with Crippen LogP contribution < -0.4 is 4.74 Å². The van der Waals surface area contributed by atoms with E-state index in [-0.39, 0.29) is 10.7 Å². The van der Waals surface area contributed by atoms with Gasteiger partial charge >= 0.3 is 0 Å². The quantitative estimate of drug-likeness (QED) is 0.486. The second kappa shape index (κ2) is 7.01. The summed E-state index contributed by atoms with van der Waals surface area (Å²) < 4.78 is 7.03. The first-order valence-corrected chi connectivity index (χ1v) is 9.18. The molecule has 2 aromatic carbocycles. The molecule has 136 valence electrons. The normalized spacial score (nSPS) is 13.0. The number of rotatable bonds is 4. The van der Waals surface area contributed by atoms with Crippen LogP contribution in [0.1, 0.15) is 5.56 Å². The smallest absolute Gasteiger partial charge is 0.288 e. The van der Waals surface area contributed by atoms with Gasteiger partial charge in [-0.1, -0.05) is 41.6 Å². The lowest BCUT2D eigenvalue weighted by Crippen LogP contribution is -2.14. The fourth-order valence-electron chi connectivity index (χ4n) is 2.70. The summed E-state index contributed by atoms with van der Waals surface area (Å²) in [6.45, 7) is 0. The maximum Gasteiger partial charge on any atom is 0.288 e. The molecule has 1 aliphatic heterocycles. The summed E-state index contributed by atoms with van der Waals surface area (Å²) in [6, 6.07) is 12.1. The standard InChI is InChI=1S/C17H12ClN5O3S/c1-26-15-5-3-2-4-11(15)16-19-20-17-22(16)21-13(9-27-17)10-6-7-12(18)14(8-10)23(24)25/h2-8H,9H2,1H3. The molecule has 0 atom stereocenters. The number of ether oxygens (including phenoxy) is 1. The van der Waals surface area contributed by atoms with Gasteiger partial charge in [0.2, 0.25) is 5.16 Å². The van der Waals surface area contributed by atoms with Crippen molar-refractivity contribution in [3.8, 4) is 17.1 Å². The Morgan fingerprint density at radius 3 is 2.85 bits per heavy atom. The molecular weight excluding hydrogens is 390 g/mol. The molecule has 0 unspecified atom stereocenters. The van der Waals surface area contributed by atoms with Crippen LogP contribution in [0, 0.1) is 10.1 Å². The lowest BCUT2D eigenvalue weighted by molar-refractivity contribution is -0.384. The van der Waals surface area contributed by atoms with E-state index in [4.69, 9.17) is 16.3 Å². The number of hydrogen-bond acceptors (Lipinski definition) is 7. The molecular formula is C17H12ClN5O3S. The van der Waals surface area contributed by atoms with Crippen LogP contribution in [0.3, 0.4) is 0 Å². The predicted octanol–water partition coefficient (Wildman–Crippen LogP) is 3.87. The summed E-state index contributed by atoms with van der Waals surface area (Å²) in [5.74, 6) is 1.71. The van der Waals surface area contributed by atoms with Crippen molar-refractivity contribution >= 4 is 34.8 Å². The van der Waals surface area contributed by atoms with Crippen LogP contribution in [0.25, 0.3) is 11.4 Å². The molecule has 0 spiro atoms. The van der Waals surface area contributed by atoms with E-state index in [1.807, 2.05) is 24.3 Å². The average Bonchev–Trinajstić information content (AvgIpc) is 3.11. The van der Waals surface area contributed by atoms with Crippen molar-refractivity contribution in [2.45, 2.75) is 5.16 Å². The highest BCUT2D eigenvalue weighted by atomic mass is 35.5. The monoisotopic (exact) mass is 401 g/mol. The van der Waals surface area contributed by atoms with Gasteiger partial charge in [0.1, 0.15) is 10.8 Å². The molecule has 2 heterocycles. The van der Waals surface area contributed by atoms with Crippen molar-refractivity contribution in [3.63, 3.8) is 0 Å². The third kappa shape index (κ3) is 3.15. The Morgan fingerprint density at radius 1 is 1.26 bits per heavy atom. The molecule has 1 aromatic heterocycles. The summed E-state index contributed by atoms with van der Waals surface area (Å²) >= 11 is 7.36. The largest absolute Gasteiger partial charge is 0.496 e. The van der Waals surface area contributed by atoms with Gasteiger partial charge in [-0.2, -0.15) is 9.78 Å². The summed E-state index contributed by atoms with van der Waals surface area (Å²) in [5.41, 5.74) is 1.90. The van der Waals surface area contributed by atoms with E-state index < -0.39 is 4.92 Å². The Bertz CT molecular complexity index is 1080. The van der Waals surface area contributed by atoms with Crippen LogP contribution in [0.2, 0.25) is 5.02 Å². The highest BCUT2D eigenvalue weighted by Crippen LogP contribution is 2.34. The lowest BCUT2D eigenvalue weighted by atomic mass is 10.1. The SMILES string of the molecule is COc1ccccc1-c1nnc2n1N=C(c1ccc(Cl)c([N+](=O)[O-])c1)CS2. The second-order valence-electron chi connectivity index (χ2n) is 5.58. The van der Waals surface area contributed by atoms with Gasteiger partial charge in [-0.15, -0.1) is 10.2 Å². The minimum atomic E-state index is -0.507. The van der Waals surface area contributed by atoms with Gasteiger partial charge in [0.15, 0.2) is 5.82 Å². The fraction of sp³-hybridized carbons (Fsp3) is 0.118. The number of halogens is 1. The first-order chi connectivity index (χ1) is 13.1. The Kier molecular flexibility index (Phi) is 4.54. The van der Waals surface area contributed by atoms with E-state index in [9.17, 15) is 10.1 Å². The minimum Gasteiger partial charge on any atom is -0.496 e. The first kappa shape index (κ1) is 17.5. The molecule has 1 aliphatic rings. The van der Waals surface area contributed by atoms with Gasteiger partial charge in [-0.05, 0) is 18.2 Å². The average molecular weight is 402 g/mol. The second-order valence-corrected chi connectivity index (χ2v) is 6.93. The highest BCUT2D eigenvalue weighted by Gasteiger charge is 2.23. The molecule has 4 rings (SSSR count). The lowest BCUT2D eigenvalue weighted by Gasteiger charge is -2.14. The van der Waals surface area contributed by atoms with Gasteiger partial charge in [0.05, 0.1) is 23.3 Å². The van der Waals surface area contributed by atoms with E-state index >= 15 is 0 Å². The van der Waals surface area contributed by atoms with E-state index in [0.717, 1.165) is 5.56 Å². The summed E-state index contributed by atoms with van der Waals surface area (Å²) in [4.78, 5) is 10.7. The third-order valence-corrected chi connectivity index (χ3v) is 5.24. The molecule has 8 nitrogen and oxygen atoms in total. The third-order valence-electron chi connectivity index (χ3n) is 3.99. The Balaban J connectivity index is 1.81. The first-order valence-electron chi connectivity index (χ1n) is 7.82. The topological polar surface area (TPSA) is 95.4 Å². The molecule has 0 radical (unpaired) electrons. The highest BCUT2D eigenvalue weighted by molar-refractivity contribution is 7.99. The van der Waals surface area contributed by atoms with Crippen molar-refractivity contribution in [2.24, 2.45) is 5.10 Å². The molecule has 3 aromatic rings. The number of aromatic nitrogens is 3. The molecule has 27 heavy (non-hydrogen) atoms. The van der Waals surface area contributed by atoms with Crippen LogP contribution in [0.15, 0.2) is 52.7 Å². The Hall–Kier alpha value is -2.91. The zero-order valence-corrected chi connectivity index (χ0v) is 15.6. The van der Waals surface area contributed by atoms with Gasteiger partial charge in [0, 0.05) is 17.4 Å².